The Labute approximate surface area is 214 Å². The molecule has 1 heterocycles. The van der Waals surface area contributed by atoms with E-state index in [1.165, 1.54) is 30.6 Å². The highest BCUT2D eigenvalue weighted by molar-refractivity contribution is 7.92. The van der Waals surface area contributed by atoms with E-state index >= 15 is 0 Å². The van der Waals surface area contributed by atoms with Gasteiger partial charge in [-0.15, -0.1) is 11.3 Å². The molecule has 36 heavy (non-hydrogen) atoms. The number of methoxy groups -OCH3 is 1. The number of esters is 1. The predicted molar refractivity (Wildman–Crippen MR) is 140 cm³/mol. The lowest BCUT2D eigenvalue weighted by Crippen LogP contribution is -2.18. The summed E-state index contributed by atoms with van der Waals surface area (Å²) in [6.07, 6.45) is 3.62. The van der Waals surface area contributed by atoms with Gasteiger partial charge in [-0.2, -0.15) is 0 Å². The van der Waals surface area contributed by atoms with Crippen LogP contribution in [0.5, 0.6) is 5.75 Å². The van der Waals surface area contributed by atoms with Gasteiger partial charge < -0.3 is 14.8 Å². The van der Waals surface area contributed by atoms with E-state index in [0.29, 0.717) is 21.9 Å². The molecule has 0 aliphatic heterocycles. The van der Waals surface area contributed by atoms with E-state index in [4.69, 9.17) is 9.47 Å². The quantitative estimate of drug-likeness (QED) is 0.390. The molecule has 0 unspecified atom stereocenters. The third-order valence-corrected chi connectivity index (χ3v) is 8.56. The largest absolute Gasteiger partial charge is 0.495 e. The number of sulfonamides is 1. The molecule has 8 nitrogen and oxygen atoms in total. The fraction of sp³-hybridized carbons (Fsp3) is 0.308. The second kappa shape index (κ2) is 10.7. The minimum absolute atomic E-state index is 0.0692. The van der Waals surface area contributed by atoms with Crippen LogP contribution in [0.4, 0.5) is 10.7 Å². The van der Waals surface area contributed by atoms with Crippen LogP contribution in [0.3, 0.4) is 0 Å². The molecule has 0 fully saturated rings. The van der Waals surface area contributed by atoms with Gasteiger partial charge in [0.05, 0.1) is 29.9 Å². The monoisotopic (exact) mass is 528 g/mol. The average molecular weight is 529 g/mol. The number of carbonyl (C=O) groups is 2. The van der Waals surface area contributed by atoms with Gasteiger partial charge in [0.15, 0.2) is 0 Å². The summed E-state index contributed by atoms with van der Waals surface area (Å²) in [4.78, 5) is 27.1. The maximum atomic E-state index is 13.3. The van der Waals surface area contributed by atoms with Crippen molar-refractivity contribution in [2.24, 2.45) is 0 Å². The van der Waals surface area contributed by atoms with Crippen LogP contribution in [0.2, 0.25) is 0 Å². The average Bonchev–Trinajstić information content (AvgIpc) is 3.22. The van der Waals surface area contributed by atoms with Crippen LogP contribution >= 0.6 is 11.3 Å². The predicted octanol–water partition coefficient (Wildman–Crippen LogP) is 5.17. The summed E-state index contributed by atoms with van der Waals surface area (Å²) in [6.45, 7) is 3.70. The summed E-state index contributed by atoms with van der Waals surface area (Å²) in [5.41, 5.74) is 2.43. The Bertz CT molecular complexity index is 1410. The number of ether oxygens (including phenoxy) is 2. The van der Waals surface area contributed by atoms with Crippen LogP contribution < -0.4 is 14.8 Å². The van der Waals surface area contributed by atoms with Crippen LogP contribution in [0, 0.1) is 6.92 Å². The highest BCUT2D eigenvalue weighted by Gasteiger charge is 2.28. The van der Waals surface area contributed by atoms with Gasteiger partial charge in [-0.1, -0.05) is 18.2 Å². The molecule has 2 aromatic carbocycles. The molecule has 10 heteroatoms. The molecular weight excluding hydrogens is 500 g/mol. The second-order valence-corrected chi connectivity index (χ2v) is 11.2. The molecule has 0 bridgehead atoms. The van der Waals surface area contributed by atoms with Crippen molar-refractivity contribution in [3.63, 3.8) is 0 Å². The van der Waals surface area contributed by atoms with Crippen molar-refractivity contribution in [1.29, 1.82) is 0 Å². The smallest absolute Gasteiger partial charge is 0.341 e. The fourth-order valence-electron chi connectivity index (χ4n) is 4.19. The van der Waals surface area contributed by atoms with Gasteiger partial charge in [-0.3, -0.25) is 9.52 Å². The number of rotatable bonds is 8. The zero-order chi connectivity index (χ0) is 25.9. The maximum absolute atomic E-state index is 13.3. The first-order valence-electron chi connectivity index (χ1n) is 11.6. The first-order chi connectivity index (χ1) is 17.2. The lowest BCUT2D eigenvalue weighted by molar-refractivity contribution is 0.0526. The lowest BCUT2D eigenvalue weighted by Gasteiger charge is -2.14. The van der Waals surface area contributed by atoms with E-state index in [2.05, 4.69) is 10.0 Å². The Balaban J connectivity index is 1.65. The maximum Gasteiger partial charge on any atom is 0.341 e. The third-order valence-electron chi connectivity index (χ3n) is 5.99. The van der Waals surface area contributed by atoms with E-state index in [0.717, 1.165) is 36.1 Å². The van der Waals surface area contributed by atoms with E-state index in [9.17, 15) is 18.0 Å². The molecule has 190 valence electrons. The molecule has 0 spiro atoms. The van der Waals surface area contributed by atoms with Crippen LogP contribution in [0.15, 0.2) is 47.4 Å². The summed E-state index contributed by atoms with van der Waals surface area (Å²) in [5.74, 6) is -0.577. The number of hydrogen-bond donors (Lipinski definition) is 2. The number of hydrogen-bond acceptors (Lipinski definition) is 7. The van der Waals surface area contributed by atoms with Gasteiger partial charge in [-0.25, -0.2) is 13.2 Å². The summed E-state index contributed by atoms with van der Waals surface area (Å²) in [5, 5.41) is 3.29. The number of aryl methyl sites for hydroxylation is 2. The van der Waals surface area contributed by atoms with Crippen LogP contribution in [-0.4, -0.2) is 34.0 Å². The first-order valence-corrected chi connectivity index (χ1v) is 13.9. The van der Waals surface area contributed by atoms with Crippen molar-refractivity contribution in [1.82, 2.24) is 0 Å². The normalized spacial score (nSPS) is 13.0. The Hall–Kier alpha value is -3.37. The van der Waals surface area contributed by atoms with E-state index in [1.807, 2.05) is 0 Å². The van der Waals surface area contributed by atoms with Crippen molar-refractivity contribution in [2.75, 3.05) is 23.8 Å². The number of carbonyl (C=O) groups excluding carboxylic acids is 2. The Kier molecular flexibility index (Phi) is 7.65. The topological polar surface area (TPSA) is 111 Å². The molecule has 0 saturated carbocycles. The number of thiophene rings is 1. The molecule has 3 aromatic rings. The van der Waals surface area contributed by atoms with Gasteiger partial charge >= 0.3 is 5.97 Å². The standard InChI is InChI=1S/C26H28N2O6S2/c1-4-34-26(30)23-18-9-5-8-12-22(18)35-25(23)27-24(29)19-15-17(14-13-16(19)2)36(31,32)28-20-10-6-7-11-21(20)33-3/h6-7,10-11,13-15,28H,4-5,8-9,12H2,1-3H3,(H,27,29). The SMILES string of the molecule is CCOC(=O)c1c(NC(=O)c2cc(S(=O)(=O)Nc3ccccc3OC)ccc2C)sc2c1CCCC2. The van der Waals surface area contributed by atoms with Gasteiger partial charge in [-0.05, 0) is 74.9 Å². The summed E-state index contributed by atoms with van der Waals surface area (Å²) in [7, 11) is -2.55. The third kappa shape index (κ3) is 5.24. The Morgan fingerprint density at radius 3 is 2.58 bits per heavy atom. The lowest BCUT2D eigenvalue weighted by atomic mass is 9.95. The van der Waals surface area contributed by atoms with E-state index in [-0.39, 0.29) is 22.8 Å². The van der Waals surface area contributed by atoms with E-state index in [1.54, 1.807) is 44.2 Å². The number of fused-ring (bicyclic) bond motifs is 1. The fourth-order valence-corrected chi connectivity index (χ4v) is 6.56. The highest BCUT2D eigenvalue weighted by Crippen LogP contribution is 2.39. The molecule has 0 saturated heterocycles. The van der Waals surface area contributed by atoms with Crippen molar-refractivity contribution < 1.29 is 27.5 Å². The molecule has 1 amide bonds. The second-order valence-electron chi connectivity index (χ2n) is 8.37. The summed E-state index contributed by atoms with van der Waals surface area (Å²) < 4.78 is 39.2. The molecule has 0 atom stereocenters. The Morgan fingerprint density at radius 2 is 1.83 bits per heavy atom. The summed E-state index contributed by atoms with van der Waals surface area (Å²) >= 11 is 1.38. The van der Waals surface area contributed by atoms with E-state index < -0.39 is 21.9 Å². The summed E-state index contributed by atoms with van der Waals surface area (Å²) in [6, 6.07) is 11.0. The van der Waals surface area contributed by atoms with Crippen LogP contribution in [0.25, 0.3) is 0 Å². The highest BCUT2D eigenvalue weighted by atomic mass is 32.2. The number of anilines is 2. The zero-order valence-electron chi connectivity index (χ0n) is 20.3. The number of para-hydroxylation sites is 2. The molecule has 2 N–H and O–H groups in total. The minimum Gasteiger partial charge on any atom is -0.495 e. The van der Waals surface area contributed by atoms with Gasteiger partial charge in [0.2, 0.25) is 0 Å². The molecule has 4 rings (SSSR count). The zero-order valence-corrected chi connectivity index (χ0v) is 22.0. The van der Waals surface area contributed by atoms with Crippen molar-refractivity contribution >= 4 is 43.9 Å². The first kappa shape index (κ1) is 25.7. The number of amides is 1. The van der Waals surface area contributed by atoms with Crippen LogP contribution in [-0.2, 0) is 27.6 Å². The van der Waals surface area contributed by atoms with Crippen molar-refractivity contribution in [3.8, 4) is 5.75 Å². The number of benzene rings is 2. The van der Waals surface area contributed by atoms with Gasteiger partial charge in [0.25, 0.3) is 15.9 Å². The number of nitrogens with one attached hydrogen (secondary N) is 2. The van der Waals surface area contributed by atoms with Crippen molar-refractivity contribution in [3.05, 3.63) is 69.6 Å². The van der Waals surface area contributed by atoms with Gasteiger partial charge in [0.1, 0.15) is 10.8 Å². The minimum atomic E-state index is -4.00. The molecule has 1 aliphatic carbocycles. The Morgan fingerprint density at radius 1 is 1.08 bits per heavy atom. The van der Waals surface area contributed by atoms with Gasteiger partial charge in [0, 0.05) is 10.4 Å². The molecular formula is C26H28N2O6S2. The van der Waals surface area contributed by atoms with Crippen LogP contribution in [0.1, 0.15) is 56.5 Å². The van der Waals surface area contributed by atoms with Crippen molar-refractivity contribution in [2.45, 2.75) is 44.4 Å². The molecule has 0 radical (unpaired) electrons. The molecule has 1 aliphatic rings. The molecule has 1 aromatic heterocycles.